The minimum atomic E-state index is -4.09. The van der Waals surface area contributed by atoms with Gasteiger partial charge in [-0.2, -0.15) is 9.67 Å². The zero-order chi connectivity index (χ0) is 29.1. The summed E-state index contributed by atoms with van der Waals surface area (Å²) in [6.07, 6.45) is -6.64. The molecule has 41 heavy (non-hydrogen) atoms. The summed E-state index contributed by atoms with van der Waals surface area (Å²) < 4.78 is 40.0. The summed E-state index contributed by atoms with van der Waals surface area (Å²) in [5.41, 5.74) is 11.1. The number of alkyl halides is 1. The summed E-state index contributed by atoms with van der Waals surface area (Å²) in [6, 6.07) is 0. The minimum absolute atomic E-state index is 0.0304. The molecule has 0 aliphatic carbocycles. The van der Waals surface area contributed by atoms with Gasteiger partial charge in [0.25, 0.3) is 5.56 Å². The number of nitrogens with two attached hydrogens (primary N) is 2. The van der Waals surface area contributed by atoms with Crippen molar-refractivity contribution in [3.8, 4) is 0 Å². The molecule has 0 radical (unpaired) electrons. The van der Waals surface area contributed by atoms with Crippen molar-refractivity contribution >= 4 is 52.6 Å². The van der Waals surface area contributed by atoms with Crippen LogP contribution in [-0.4, -0.2) is 103 Å². The highest BCUT2D eigenvalue weighted by molar-refractivity contribution is 8.07. The normalized spacial score (nSPS) is 29.9. The first-order chi connectivity index (χ1) is 19.6. The maximum atomic E-state index is 15.1. The van der Waals surface area contributed by atoms with Crippen LogP contribution in [0.2, 0.25) is 0 Å². The molecule has 4 aromatic rings. The van der Waals surface area contributed by atoms with Crippen molar-refractivity contribution in [2.45, 2.75) is 49.5 Å². The monoisotopic (exact) mass is 615 g/mol. The number of fused-ring (bicyclic) bond motifs is 2. The van der Waals surface area contributed by atoms with E-state index in [2.05, 4.69) is 35.2 Å². The first-order valence-electron chi connectivity index (χ1n) is 12.0. The standard InChI is InChI=1S/C19H23FN11O8PS/c20-9-12(33)8(38-18(9)30-5-25-10-13(21)23-4-24-14(10)30)3-36-40(35,41)39-7-1-6(2-32)37-17(7)31-15-11(28-29-31)16(34)27-19(22)26-15/h4-9,12,17-18,32-33H,1-3H2,(H,35,41)(H2,21,23,24)(H3,22,26,27,34)/t6-,7+,8+,9-,12+,17+,18+,40?/m0/s1. The molecule has 2 aliphatic heterocycles. The summed E-state index contributed by atoms with van der Waals surface area (Å²) in [7, 11) is 0. The second-order valence-corrected chi connectivity index (χ2v) is 12.0. The van der Waals surface area contributed by atoms with Crippen molar-refractivity contribution in [1.82, 2.24) is 44.5 Å². The Morgan fingerprint density at radius 1 is 1.22 bits per heavy atom. The maximum Gasteiger partial charge on any atom is 0.325 e. The molecular weight excluding hydrogens is 592 g/mol. The Kier molecular flexibility index (Phi) is 7.16. The van der Waals surface area contributed by atoms with Gasteiger partial charge in [0.1, 0.15) is 30.2 Å². The molecule has 6 rings (SSSR count). The summed E-state index contributed by atoms with van der Waals surface area (Å²) in [5.74, 6) is -0.113. The number of nitrogen functional groups attached to an aromatic ring is 2. The zero-order valence-electron chi connectivity index (χ0n) is 20.7. The van der Waals surface area contributed by atoms with Crippen LogP contribution >= 0.6 is 6.72 Å². The lowest BCUT2D eigenvalue weighted by Gasteiger charge is -2.25. The van der Waals surface area contributed by atoms with E-state index in [9.17, 15) is 19.9 Å². The number of anilines is 2. The molecule has 4 aromatic heterocycles. The van der Waals surface area contributed by atoms with Gasteiger partial charge in [-0.05, 0) is 11.8 Å². The molecule has 2 fully saturated rings. The molecule has 8 N–H and O–H groups in total. The maximum absolute atomic E-state index is 15.1. The molecule has 22 heteroatoms. The van der Waals surface area contributed by atoms with Crippen molar-refractivity contribution < 1.29 is 38.0 Å². The number of aliphatic hydroxyl groups is 2. The van der Waals surface area contributed by atoms with Crippen LogP contribution in [0.25, 0.3) is 22.3 Å². The summed E-state index contributed by atoms with van der Waals surface area (Å²) >= 11 is 5.16. The Balaban J connectivity index is 1.16. The predicted octanol–water partition coefficient (Wildman–Crippen LogP) is -1.99. The number of aliphatic hydroxyl groups excluding tert-OH is 2. The fourth-order valence-corrected chi connectivity index (χ4v) is 6.11. The largest absolute Gasteiger partial charge is 0.394 e. The Labute approximate surface area is 232 Å². The number of aromatic amines is 1. The lowest BCUT2D eigenvalue weighted by Crippen LogP contribution is -2.31. The Morgan fingerprint density at radius 2 is 2.02 bits per heavy atom. The van der Waals surface area contributed by atoms with Gasteiger partial charge < -0.3 is 45.1 Å². The molecule has 0 aromatic carbocycles. The van der Waals surface area contributed by atoms with Crippen LogP contribution in [0.15, 0.2) is 17.4 Å². The van der Waals surface area contributed by atoms with Crippen molar-refractivity contribution in [2.24, 2.45) is 0 Å². The molecule has 0 bridgehead atoms. The number of ether oxygens (including phenoxy) is 2. The summed E-state index contributed by atoms with van der Waals surface area (Å²) in [5, 5.41) is 27.8. The molecule has 0 spiro atoms. The van der Waals surface area contributed by atoms with Gasteiger partial charge in [0.15, 0.2) is 41.3 Å². The summed E-state index contributed by atoms with van der Waals surface area (Å²) in [6.45, 7) is -5.05. The van der Waals surface area contributed by atoms with Gasteiger partial charge in [-0.1, -0.05) is 5.21 Å². The van der Waals surface area contributed by atoms with Gasteiger partial charge in [-0.3, -0.25) is 14.3 Å². The highest BCUT2D eigenvalue weighted by Crippen LogP contribution is 2.50. The van der Waals surface area contributed by atoms with Crippen LogP contribution in [-0.2, 0) is 30.3 Å². The van der Waals surface area contributed by atoms with Crippen LogP contribution in [0, 0.1) is 0 Å². The highest BCUT2D eigenvalue weighted by atomic mass is 32.5. The molecule has 1 unspecified atom stereocenters. The third kappa shape index (κ3) is 5.04. The first-order valence-corrected chi connectivity index (χ1v) is 14.6. The lowest BCUT2D eigenvalue weighted by molar-refractivity contribution is -0.0595. The Hall–Kier alpha value is -3.27. The first kappa shape index (κ1) is 27.9. The van der Waals surface area contributed by atoms with E-state index < -0.39 is 68.5 Å². The van der Waals surface area contributed by atoms with Crippen LogP contribution in [0.1, 0.15) is 18.9 Å². The number of nitrogens with zero attached hydrogens (tertiary/aromatic N) is 8. The second-order valence-electron chi connectivity index (χ2n) is 9.22. The summed E-state index contributed by atoms with van der Waals surface area (Å²) in [4.78, 5) is 41.3. The van der Waals surface area contributed by atoms with E-state index in [4.69, 9.17) is 41.8 Å². The average Bonchev–Trinajstić information content (AvgIpc) is 3.69. The number of hydrogen-bond donors (Lipinski definition) is 6. The second kappa shape index (κ2) is 10.5. The van der Waals surface area contributed by atoms with E-state index in [1.807, 2.05) is 0 Å². The van der Waals surface area contributed by atoms with E-state index >= 15 is 4.39 Å². The molecule has 220 valence electrons. The minimum Gasteiger partial charge on any atom is -0.394 e. The van der Waals surface area contributed by atoms with Crippen LogP contribution < -0.4 is 17.0 Å². The quantitative estimate of drug-likeness (QED) is 0.117. The zero-order valence-corrected chi connectivity index (χ0v) is 22.4. The Bertz CT molecular complexity index is 1700. The SMILES string of the molecule is Nc1nc2c(nnn2[C@@H]2O[C@H](CO)C[C@H]2OP(O)(=S)OC[C@H]2O[C@@H](n3cnc4c(N)ncnc43)[C@@H](F)[C@@H]2O)c(=O)[nH]1. The lowest BCUT2D eigenvalue weighted by atomic mass is 10.1. The van der Waals surface area contributed by atoms with E-state index in [-0.39, 0.29) is 40.5 Å². The van der Waals surface area contributed by atoms with Crippen molar-refractivity contribution in [3.63, 3.8) is 0 Å². The Morgan fingerprint density at radius 3 is 2.80 bits per heavy atom. The third-order valence-corrected chi connectivity index (χ3v) is 8.16. The number of aromatic nitrogens is 9. The fourth-order valence-electron chi connectivity index (χ4n) is 4.66. The van der Waals surface area contributed by atoms with Gasteiger partial charge in [0.05, 0.1) is 25.6 Å². The van der Waals surface area contributed by atoms with Crippen molar-refractivity contribution in [1.29, 1.82) is 0 Å². The molecular formula is C19H23FN11O8PS. The van der Waals surface area contributed by atoms with E-state index in [1.165, 1.54) is 17.2 Å². The number of rotatable bonds is 8. The van der Waals surface area contributed by atoms with E-state index in [0.717, 1.165) is 4.68 Å². The number of hydrogen-bond acceptors (Lipinski definition) is 16. The smallest absolute Gasteiger partial charge is 0.325 e. The molecule has 0 amide bonds. The van der Waals surface area contributed by atoms with Gasteiger partial charge in [0, 0.05) is 6.42 Å². The average molecular weight is 616 g/mol. The van der Waals surface area contributed by atoms with Crippen molar-refractivity contribution in [3.05, 3.63) is 23.0 Å². The van der Waals surface area contributed by atoms with Gasteiger partial charge >= 0.3 is 6.72 Å². The van der Waals surface area contributed by atoms with Gasteiger partial charge in [0.2, 0.25) is 5.95 Å². The molecule has 2 saturated heterocycles. The predicted molar refractivity (Wildman–Crippen MR) is 138 cm³/mol. The number of nitrogens with one attached hydrogen (secondary N) is 1. The molecule has 2 aliphatic rings. The fraction of sp³-hybridized carbons (Fsp3) is 0.526. The molecule has 0 saturated carbocycles. The molecule has 8 atom stereocenters. The topological polar surface area (TPSA) is 270 Å². The van der Waals surface area contributed by atoms with Crippen LogP contribution in [0.5, 0.6) is 0 Å². The highest BCUT2D eigenvalue weighted by Gasteiger charge is 2.47. The molecule has 19 nitrogen and oxygen atoms in total. The number of halogens is 1. The van der Waals surface area contributed by atoms with Crippen molar-refractivity contribution in [2.75, 3.05) is 24.7 Å². The van der Waals surface area contributed by atoms with Crippen LogP contribution in [0.4, 0.5) is 16.2 Å². The number of H-pyrrole nitrogens is 1. The van der Waals surface area contributed by atoms with E-state index in [0.29, 0.717) is 0 Å². The van der Waals surface area contributed by atoms with Crippen LogP contribution in [0.3, 0.4) is 0 Å². The number of imidazole rings is 1. The molecule has 6 heterocycles. The van der Waals surface area contributed by atoms with Gasteiger partial charge in [-0.15, -0.1) is 5.10 Å². The third-order valence-electron chi connectivity index (χ3n) is 6.57. The van der Waals surface area contributed by atoms with E-state index in [1.54, 1.807) is 0 Å². The van der Waals surface area contributed by atoms with Gasteiger partial charge in [-0.25, -0.2) is 19.3 Å².